The fourth-order valence-electron chi connectivity index (χ4n) is 6.78. The summed E-state index contributed by atoms with van der Waals surface area (Å²) in [6.07, 6.45) is 32.9. The second-order valence-electron chi connectivity index (χ2n) is 15.2. The summed E-state index contributed by atoms with van der Waals surface area (Å²) in [6.45, 7) is 4.47. The first-order valence-electron chi connectivity index (χ1n) is 21.4. The molecule has 5 N–H and O–H groups in total. The van der Waals surface area contributed by atoms with Gasteiger partial charge >= 0.3 is 23.5 Å². The van der Waals surface area contributed by atoms with E-state index in [0.717, 1.165) is 84.0 Å². The zero-order chi connectivity index (χ0) is 39.3. The smallest absolute Gasteiger partial charge is 0.334 e. The van der Waals surface area contributed by atoms with Gasteiger partial charge in [-0.1, -0.05) is 141 Å². The Morgan fingerprint density at radius 2 is 0.906 bits per heavy atom. The predicted molar refractivity (Wildman–Crippen MR) is 210 cm³/mol. The Balaban J connectivity index is 2.46. The summed E-state index contributed by atoms with van der Waals surface area (Å²) in [4.78, 5) is 25.7. The van der Waals surface area contributed by atoms with Crippen LogP contribution in [-0.4, -0.2) is 73.6 Å². The molecule has 1 fully saturated rings. The summed E-state index contributed by atoms with van der Waals surface area (Å²) < 4.78 is 15.6. The van der Waals surface area contributed by atoms with Crippen LogP contribution < -0.4 is 0 Å². The van der Waals surface area contributed by atoms with Crippen LogP contribution in [0, 0.1) is 0 Å². The lowest BCUT2D eigenvalue weighted by atomic mass is 9.85. The van der Waals surface area contributed by atoms with Gasteiger partial charge in [0.25, 0.3) is 0 Å². The maximum absolute atomic E-state index is 12.9. The van der Waals surface area contributed by atoms with Gasteiger partial charge in [0.15, 0.2) is 6.10 Å². The molecule has 1 rings (SSSR count). The molecular weight excluding hydrogens is 676 g/mol. The molecule has 1 aliphatic heterocycles. The number of aliphatic hydroxyl groups excluding tert-OH is 2. The van der Waals surface area contributed by atoms with Gasteiger partial charge in [0.2, 0.25) is 5.79 Å². The van der Waals surface area contributed by atoms with Crippen molar-refractivity contribution in [3.63, 3.8) is 0 Å². The van der Waals surface area contributed by atoms with Crippen molar-refractivity contribution in [2.45, 2.75) is 230 Å². The van der Waals surface area contributed by atoms with Crippen molar-refractivity contribution in [3.05, 3.63) is 24.3 Å². The molecule has 1 heterocycles. The molecule has 0 aliphatic carbocycles. The Morgan fingerprint density at radius 3 is 1.28 bits per heavy atom. The highest BCUT2D eigenvalue weighted by atomic mass is 16.8. The van der Waals surface area contributed by atoms with Crippen molar-refractivity contribution < 1.29 is 49.3 Å². The minimum absolute atomic E-state index is 0.140. The van der Waals surface area contributed by atoms with E-state index in [1.165, 1.54) is 77.0 Å². The number of carbonyl (C=O) groups excluding carboxylic acids is 2. The van der Waals surface area contributed by atoms with Gasteiger partial charge in [-0.2, -0.15) is 0 Å². The molecule has 0 spiro atoms. The highest BCUT2D eigenvalue weighted by Crippen LogP contribution is 2.45. The van der Waals surface area contributed by atoms with Crippen molar-refractivity contribution in [1.82, 2.24) is 0 Å². The number of ether oxygens (including phenoxy) is 3. The Bertz CT molecular complexity index is 998. The lowest BCUT2D eigenvalue weighted by Gasteiger charge is -2.54. The topological polar surface area (TPSA) is 163 Å². The largest absolute Gasteiger partial charge is 0.423 e. The molecular formula is C43H78O10. The van der Waals surface area contributed by atoms with Crippen LogP contribution >= 0.6 is 0 Å². The standard InChI is InChI=1S/C43H78O10/c1-4-6-8-10-12-14-16-18-20-22-24-26-28-30-32-34-38(45)52-42(49)40(47)37(36-44)51-41(3,48)43(42,50)53-39(46)35-33-31-29-27-25-23-21-19-17-15-13-11-9-7-5-2/h18-21,37,40,44,47-50H,4-17,22-36H2,1-3H3/b20-18-,21-19-/t37-,40+,41?,42+,43-/m1/s1. The molecule has 0 aromatic rings. The van der Waals surface area contributed by atoms with E-state index in [0.29, 0.717) is 12.8 Å². The van der Waals surface area contributed by atoms with E-state index in [1.807, 2.05) is 0 Å². The lowest BCUT2D eigenvalue weighted by Crippen LogP contribution is -2.81. The quantitative estimate of drug-likeness (QED) is 0.0189. The monoisotopic (exact) mass is 755 g/mol. The summed E-state index contributed by atoms with van der Waals surface area (Å²) >= 11 is 0. The third-order valence-electron chi connectivity index (χ3n) is 10.2. The number of aliphatic hydroxyl groups is 5. The summed E-state index contributed by atoms with van der Waals surface area (Å²) in [5.41, 5.74) is 0. The van der Waals surface area contributed by atoms with E-state index in [4.69, 9.17) is 14.2 Å². The van der Waals surface area contributed by atoms with Crippen LogP contribution in [0.15, 0.2) is 24.3 Å². The van der Waals surface area contributed by atoms with E-state index in [9.17, 15) is 35.1 Å². The summed E-state index contributed by atoms with van der Waals surface area (Å²) in [5, 5.41) is 54.5. The molecule has 0 radical (unpaired) electrons. The number of hydrogen-bond donors (Lipinski definition) is 5. The van der Waals surface area contributed by atoms with Gasteiger partial charge in [0.1, 0.15) is 6.10 Å². The van der Waals surface area contributed by atoms with Crippen molar-refractivity contribution in [3.8, 4) is 0 Å². The molecule has 1 aliphatic rings. The first-order valence-corrected chi connectivity index (χ1v) is 21.4. The van der Waals surface area contributed by atoms with Gasteiger partial charge < -0.3 is 39.7 Å². The third kappa shape index (κ3) is 19.6. The minimum atomic E-state index is -3.37. The minimum Gasteiger partial charge on any atom is -0.423 e. The first kappa shape index (κ1) is 49.2. The Hall–Kier alpha value is -1.82. The van der Waals surface area contributed by atoms with Gasteiger partial charge in [-0.3, -0.25) is 9.59 Å². The van der Waals surface area contributed by atoms with Crippen molar-refractivity contribution in [2.75, 3.05) is 6.61 Å². The van der Waals surface area contributed by atoms with Crippen LogP contribution in [0.3, 0.4) is 0 Å². The maximum Gasteiger partial charge on any atom is 0.334 e. The normalized spacial score (nSPS) is 24.7. The van der Waals surface area contributed by atoms with Crippen LogP contribution in [0.1, 0.15) is 201 Å². The second-order valence-corrected chi connectivity index (χ2v) is 15.2. The van der Waals surface area contributed by atoms with Crippen molar-refractivity contribution in [1.29, 1.82) is 0 Å². The second kappa shape index (κ2) is 29.5. The maximum atomic E-state index is 12.9. The Labute approximate surface area is 321 Å². The molecule has 0 aromatic heterocycles. The molecule has 310 valence electrons. The van der Waals surface area contributed by atoms with E-state index >= 15 is 0 Å². The summed E-state index contributed by atoms with van der Waals surface area (Å²) in [5.74, 6) is -11.5. The number of hydrogen-bond acceptors (Lipinski definition) is 10. The molecule has 1 unspecified atom stereocenters. The molecule has 1 saturated heterocycles. The average Bonchev–Trinajstić information content (AvgIpc) is 3.12. The highest BCUT2D eigenvalue weighted by Gasteiger charge is 2.75. The number of allylic oxidation sites excluding steroid dienone is 4. The van der Waals surface area contributed by atoms with Crippen LogP contribution in [0.2, 0.25) is 0 Å². The highest BCUT2D eigenvalue weighted by molar-refractivity contribution is 5.71. The van der Waals surface area contributed by atoms with Gasteiger partial charge in [0, 0.05) is 12.8 Å². The van der Waals surface area contributed by atoms with Gasteiger partial charge in [-0.25, -0.2) is 0 Å². The Kier molecular flexibility index (Phi) is 27.4. The van der Waals surface area contributed by atoms with Crippen LogP contribution in [-0.2, 0) is 23.8 Å². The predicted octanol–water partition coefficient (Wildman–Crippen LogP) is 8.99. The molecule has 5 atom stereocenters. The number of esters is 2. The van der Waals surface area contributed by atoms with Gasteiger partial charge in [-0.05, 0) is 71.1 Å². The van der Waals surface area contributed by atoms with E-state index < -0.39 is 48.1 Å². The molecule has 10 nitrogen and oxygen atoms in total. The molecule has 0 bridgehead atoms. The van der Waals surface area contributed by atoms with E-state index in [-0.39, 0.29) is 12.8 Å². The SMILES string of the molecule is CCCCCCCC/C=C\CCCCCCCC(=O)O[C@@]1(O)[C@@H](O)[C@@H](CO)OC(C)(O)[C@@]1(O)OC(=O)CCCCCCC/C=C\CCCCCCCC. The van der Waals surface area contributed by atoms with Crippen molar-refractivity contribution >= 4 is 11.9 Å². The van der Waals surface area contributed by atoms with Crippen LogP contribution in [0.25, 0.3) is 0 Å². The number of unbranched alkanes of at least 4 members (excludes halogenated alkanes) is 22. The van der Waals surface area contributed by atoms with E-state index in [1.54, 1.807) is 0 Å². The average molecular weight is 755 g/mol. The molecule has 0 aromatic carbocycles. The zero-order valence-corrected chi connectivity index (χ0v) is 33.7. The molecule has 10 heteroatoms. The fourth-order valence-corrected chi connectivity index (χ4v) is 6.78. The molecule has 53 heavy (non-hydrogen) atoms. The number of carbonyl (C=O) groups is 2. The fraction of sp³-hybridized carbons (Fsp3) is 0.860. The van der Waals surface area contributed by atoms with Crippen molar-refractivity contribution in [2.24, 2.45) is 0 Å². The molecule has 0 amide bonds. The summed E-state index contributed by atoms with van der Waals surface area (Å²) in [6, 6.07) is 0. The first-order chi connectivity index (χ1) is 25.5. The van der Waals surface area contributed by atoms with Gasteiger partial charge in [-0.15, -0.1) is 0 Å². The summed E-state index contributed by atoms with van der Waals surface area (Å²) in [7, 11) is 0. The van der Waals surface area contributed by atoms with E-state index in [2.05, 4.69) is 38.2 Å². The van der Waals surface area contributed by atoms with Crippen LogP contribution in [0.4, 0.5) is 0 Å². The number of rotatable bonds is 33. The zero-order valence-electron chi connectivity index (χ0n) is 33.7. The van der Waals surface area contributed by atoms with Crippen LogP contribution in [0.5, 0.6) is 0 Å². The molecule has 0 saturated carbocycles. The Morgan fingerprint density at radius 1 is 0.566 bits per heavy atom. The lowest BCUT2D eigenvalue weighted by molar-refractivity contribution is -0.507. The third-order valence-corrected chi connectivity index (χ3v) is 10.2. The van der Waals surface area contributed by atoms with Gasteiger partial charge in [0.05, 0.1) is 6.61 Å².